The summed E-state index contributed by atoms with van der Waals surface area (Å²) in [5, 5.41) is 0.961. The summed E-state index contributed by atoms with van der Waals surface area (Å²) in [6, 6.07) is 0. The lowest BCUT2D eigenvalue weighted by Crippen LogP contribution is -2.33. The molecule has 0 aliphatic carbocycles. The van der Waals surface area contributed by atoms with Crippen molar-refractivity contribution in [2.24, 2.45) is 0 Å². The molecule has 1 rings (SSSR count). The van der Waals surface area contributed by atoms with Gasteiger partial charge in [0, 0.05) is 11.8 Å². The SMILES string of the molecule is CC(C)(CCBr)OC1CC=CCO1. The van der Waals surface area contributed by atoms with E-state index in [0.717, 1.165) is 18.2 Å². The van der Waals surface area contributed by atoms with Crippen molar-refractivity contribution < 1.29 is 9.47 Å². The molecule has 0 N–H and O–H groups in total. The van der Waals surface area contributed by atoms with Crippen molar-refractivity contribution in [1.82, 2.24) is 0 Å². The number of ether oxygens (including phenoxy) is 2. The van der Waals surface area contributed by atoms with Crippen molar-refractivity contribution in [2.75, 3.05) is 11.9 Å². The summed E-state index contributed by atoms with van der Waals surface area (Å²) in [6.45, 7) is 4.86. The predicted octanol–water partition coefficient (Wildman–Crippen LogP) is 2.87. The van der Waals surface area contributed by atoms with Gasteiger partial charge in [-0.05, 0) is 20.3 Å². The summed E-state index contributed by atoms with van der Waals surface area (Å²) in [4.78, 5) is 0. The number of halogens is 1. The lowest BCUT2D eigenvalue weighted by molar-refractivity contribution is -0.197. The van der Waals surface area contributed by atoms with Crippen LogP contribution >= 0.6 is 15.9 Å². The predicted molar refractivity (Wildman–Crippen MR) is 57.1 cm³/mol. The van der Waals surface area contributed by atoms with Gasteiger partial charge < -0.3 is 9.47 Å². The second kappa shape index (κ2) is 5.13. The Morgan fingerprint density at radius 2 is 2.31 bits per heavy atom. The zero-order valence-corrected chi connectivity index (χ0v) is 9.84. The Kier molecular flexibility index (Phi) is 4.42. The Morgan fingerprint density at radius 3 is 2.85 bits per heavy atom. The Bertz CT molecular complexity index is 178. The zero-order valence-electron chi connectivity index (χ0n) is 8.25. The van der Waals surface area contributed by atoms with Crippen LogP contribution in [0.3, 0.4) is 0 Å². The second-order valence-electron chi connectivity index (χ2n) is 3.79. The average Bonchev–Trinajstić information content (AvgIpc) is 2.04. The lowest BCUT2D eigenvalue weighted by atomic mass is 10.1. The molecule has 0 amide bonds. The minimum absolute atomic E-state index is 0.0564. The summed E-state index contributed by atoms with van der Waals surface area (Å²) in [5.74, 6) is 0. The molecular weight excluding hydrogens is 232 g/mol. The standard InChI is InChI=1S/C10H17BrO2/c1-10(2,6-7-11)13-9-5-3-4-8-12-9/h3-4,9H,5-8H2,1-2H3. The third kappa shape index (κ3) is 4.25. The Hall–Kier alpha value is 0.140. The average molecular weight is 249 g/mol. The highest BCUT2D eigenvalue weighted by Crippen LogP contribution is 2.21. The molecular formula is C10H17BrO2. The molecule has 1 atom stereocenters. The molecule has 1 aliphatic heterocycles. The van der Waals surface area contributed by atoms with Crippen LogP contribution in [0.15, 0.2) is 12.2 Å². The molecule has 2 nitrogen and oxygen atoms in total. The van der Waals surface area contributed by atoms with Crippen molar-refractivity contribution in [3.63, 3.8) is 0 Å². The molecule has 0 radical (unpaired) electrons. The zero-order chi connectivity index (χ0) is 9.73. The highest BCUT2D eigenvalue weighted by Gasteiger charge is 2.23. The first-order chi connectivity index (χ1) is 6.14. The molecule has 0 saturated heterocycles. The van der Waals surface area contributed by atoms with Gasteiger partial charge in [0.05, 0.1) is 12.2 Å². The van der Waals surface area contributed by atoms with E-state index in [-0.39, 0.29) is 11.9 Å². The minimum atomic E-state index is -0.0979. The van der Waals surface area contributed by atoms with Crippen LogP contribution in [-0.2, 0) is 9.47 Å². The molecule has 1 aliphatic rings. The number of hydrogen-bond acceptors (Lipinski definition) is 2. The lowest BCUT2D eigenvalue weighted by Gasteiger charge is -2.30. The van der Waals surface area contributed by atoms with E-state index in [1.807, 2.05) is 6.08 Å². The number of hydrogen-bond donors (Lipinski definition) is 0. The van der Waals surface area contributed by atoms with E-state index in [1.54, 1.807) is 0 Å². The number of rotatable bonds is 4. The molecule has 0 saturated carbocycles. The molecule has 0 fully saturated rings. The van der Waals surface area contributed by atoms with E-state index in [9.17, 15) is 0 Å². The molecule has 0 aromatic carbocycles. The smallest absolute Gasteiger partial charge is 0.162 e. The molecule has 0 aromatic rings. The van der Waals surface area contributed by atoms with Crippen molar-refractivity contribution in [3.05, 3.63) is 12.2 Å². The fourth-order valence-corrected chi connectivity index (χ4v) is 2.19. The molecule has 1 heterocycles. The van der Waals surface area contributed by atoms with Crippen LogP contribution in [-0.4, -0.2) is 23.8 Å². The first kappa shape index (κ1) is 11.2. The molecule has 0 aromatic heterocycles. The van der Waals surface area contributed by atoms with Gasteiger partial charge in [-0.2, -0.15) is 0 Å². The van der Waals surface area contributed by atoms with E-state index in [0.29, 0.717) is 6.61 Å². The van der Waals surface area contributed by atoms with Crippen LogP contribution in [0.2, 0.25) is 0 Å². The van der Waals surface area contributed by atoms with Crippen LogP contribution in [0, 0.1) is 0 Å². The maximum Gasteiger partial charge on any atom is 0.162 e. The van der Waals surface area contributed by atoms with Crippen LogP contribution in [0.5, 0.6) is 0 Å². The fraction of sp³-hybridized carbons (Fsp3) is 0.800. The van der Waals surface area contributed by atoms with E-state index in [4.69, 9.17) is 9.47 Å². The van der Waals surface area contributed by atoms with Crippen molar-refractivity contribution in [2.45, 2.75) is 38.6 Å². The van der Waals surface area contributed by atoms with Gasteiger partial charge in [-0.25, -0.2) is 0 Å². The Labute approximate surface area is 88.4 Å². The van der Waals surface area contributed by atoms with Crippen LogP contribution in [0.1, 0.15) is 26.7 Å². The third-order valence-electron chi connectivity index (χ3n) is 2.02. The maximum absolute atomic E-state index is 5.82. The second-order valence-corrected chi connectivity index (χ2v) is 4.58. The first-order valence-electron chi connectivity index (χ1n) is 4.64. The van der Waals surface area contributed by atoms with Gasteiger partial charge in [0.25, 0.3) is 0 Å². The van der Waals surface area contributed by atoms with Crippen LogP contribution < -0.4 is 0 Å². The van der Waals surface area contributed by atoms with Gasteiger partial charge in [0.15, 0.2) is 6.29 Å². The van der Waals surface area contributed by atoms with E-state index < -0.39 is 0 Å². The monoisotopic (exact) mass is 248 g/mol. The summed E-state index contributed by atoms with van der Waals surface area (Å²) in [6.07, 6.45) is 5.94. The van der Waals surface area contributed by atoms with Gasteiger partial charge in [-0.1, -0.05) is 28.1 Å². The maximum atomic E-state index is 5.82. The van der Waals surface area contributed by atoms with Gasteiger partial charge in [-0.3, -0.25) is 0 Å². The largest absolute Gasteiger partial charge is 0.348 e. The van der Waals surface area contributed by atoms with Crippen molar-refractivity contribution in [1.29, 1.82) is 0 Å². The molecule has 3 heteroatoms. The van der Waals surface area contributed by atoms with Gasteiger partial charge in [0.2, 0.25) is 0 Å². The summed E-state index contributed by atoms with van der Waals surface area (Å²) in [7, 11) is 0. The van der Waals surface area contributed by atoms with Gasteiger partial charge in [-0.15, -0.1) is 0 Å². The van der Waals surface area contributed by atoms with Crippen molar-refractivity contribution in [3.8, 4) is 0 Å². The number of alkyl halides is 1. The van der Waals surface area contributed by atoms with Gasteiger partial charge in [0.1, 0.15) is 0 Å². The topological polar surface area (TPSA) is 18.5 Å². The summed E-state index contributed by atoms with van der Waals surface area (Å²) >= 11 is 3.42. The van der Waals surface area contributed by atoms with Gasteiger partial charge >= 0.3 is 0 Å². The minimum Gasteiger partial charge on any atom is -0.348 e. The molecule has 0 bridgehead atoms. The van der Waals surface area contributed by atoms with E-state index >= 15 is 0 Å². The highest BCUT2D eigenvalue weighted by atomic mass is 79.9. The van der Waals surface area contributed by atoms with Crippen molar-refractivity contribution >= 4 is 15.9 Å². The highest BCUT2D eigenvalue weighted by molar-refractivity contribution is 9.09. The first-order valence-corrected chi connectivity index (χ1v) is 5.76. The summed E-state index contributed by atoms with van der Waals surface area (Å²) < 4.78 is 11.3. The third-order valence-corrected chi connectivity index (χ3v) is 2.42. The van der Waals surface area contributed by atoms with E-state index in [1.165, 1.54) is 0 Å². The fourth-order valence-electron chi connectivity index (χ4n) is 1.23. The Balaban J connectivity index is 2.33. The quantitative estimate of drug-likeness (QED) is 0.563. The Morgan fingerprint density at radius 1 is 1.54 bits per heavy atom. The van der Waals surface area contributed by atoms with Crippen LogP contribution in [0.25, 0.3) is 0 Å². The molecule has 13 heavy (non-hydrogen) atoms. The van der Waals surface area contributed by atoms with Crippen LogP contribution in [0.4, 0.5) is 0 Å². The molecule has 0 spiro atoms. The normalized spacial score (nSPS) is 23.5. The van der Waals surface area contributed by atoms with E-state index in [2.05, 4.69) is 35.9 Å². The molecule has 76 valence electrons. The molecule has 1 unspecified atom stereocenters. The summed E-state index contributed by atoms with van der Waals surface area (Å²) in [5.41, 5.74) is -0.0979.